The average molecular weight is 128 g/mol. The molecule has 0 aromatic carbocycles. The Morgan fingerprint density at radius 3 is 2.67 bits per heavy atom. The van der Waals surface area contributed by atoms with Gasteiger partial charge in [-0.3, -0.25) is 0 Å². The molecule has 0 aliphatic rings. The second kappa shape index (κ2) is 7.70. The van der Waals surface area contributed by atoms with Crippen LogP contribution in [0.1, 0.15) is 26.2 Å². The Kier molecular flexibility index (Phi) is 7.44. The van der Waals surface area contributed by atoms with Crippen molar-refractivity contribution in [3.05, 3.63) is 12.2 Å². The molecule has 9 heavy (non-hydrogen) atoms. The van der Waals surface area contributed by atoms with Gasteiger partial charge in [-0.05, 0) is 6.42 Å². The Bertz CT molecular complexity index is 67.0. The molecule has 1 heteroatoms. The van der Waals surface area contributed by atoms with E-state index in [1.165, 1.54) is 19.3 Å². The Morgan fingerprint density at radius 1 is 1.33 bits per heavy atom. The SMILES string of the molecule is CCCCC=CCOC. The van der Waals surface area contributed by atoms with Crippen molar-refractivity contribution < 1.29 is 4.74 Å². The quantitative estimate of drug-likeness (QED) is 0.408. The van der Waals surface area contributed by atoms with Gasteiger partial charge in [0, 0.05) is 7.11 Å². The van der Waals surface area contributed by atoms with Crippen molar-refractivity contribution in [2.75, 3.05) is 13.7 Å². The van der Waals surface area contributed by atoms with E-state index in [0.29, 0.717) is 0 Å². The zero-order valence-corrected chi connectivity index (χ0v) is 6.39. The van der Waals surface area contributed by atoms with Gasteiger partial charge in [-0.25, -0.2) is 0 Å². The molecule has 0 radical (unpaired) electrons. The second-order valence-corrected chi connectivity index (χ2v) is 2.07. The van der Waals surface area contributed by atoms with Gasteiger partial charge in [-0.2, -0.15) is 0 Å². The van der Waals surface area contributed by atoms with E-state index >= 15 is 0 Å². The number of ether oxygens (including phenoxy) is 1. The van der Waals surface area contributed by atoms with Crippen molar-refractivity contribution in [2.45, 2.75) is 26.2 Å². The minimum absolute atomic E-state index is 0.754. The van der Waals surface area contributed by atoms with Gasteiger partial charge in [0.25, 0.3) is 0 Å². The molecule has 0 atom stereocenters. The van der Waals surface area contributed by atoms with Crippen LogP contribution in [0.5, 0.6) is 0 Å². The fourth-order valence-corrected chi connectivity index (χ4v) is 0.604. The highest BCUT2D eigenvalue weighted by Gasteiger charge is 1.76. The van der Waals surface area contributed by atoms with Crippen LogP contribution in [0, 0.1) is 0 Å². The van der Waals surface area contributed by atoms with Crippen LogP contribution in [0.15, 0.2) is 12.2 Å². The van der Waals surface area contributed by atoms with Gasteiger partial charge in [0.2, 0.25) is 0 Å². The van der Waals surface area contributed by atoms with Gasteiger partial charge in [0.1, 0.15) is 0 Å². The molecule has 54 valence electrons. The smallest absolute Gasteiger partial charge is 0.0643 e. The standard InChI is InChI=1S/C8H16O/c1-3-4-5-6-7-8-9-2/h6-7H,3-5,8H2,1-2H3. The highest BCUT2D eigenvalue weighted by atomic mass is 16.5. The molecule has 0 saturated carbocycles. The molecular weight excluding hydrogens is 112 g/mol. The van der Waals surface area contributed by atoms with E-state index in [0.717, 1.165) is 6.61 Å². The van der Waals surface area contributed by atoms with Crippen LogP contribution < -0.4 is 0 Å². The molecule has 0 unspecified atom stereocenters. The summed E-state index contributed by atoms with van der Waals surface area (Å²) in [4.78, 5) is 0. The summed E-state index contributed by atoms with van der Waals surface area (Å²) in [6, 6.07) is 0. The number of hydrogen-bond donors (Lipinski definition) is 0. The molecule has 0 heterocycles. The zero-order valence-electron chi connectivity index (χ0n) is 6.39. The summed E-state index contributed by atoms with van der Waals surface area (Å²) in [5.74, 6) is 0. The molecular formula is C8H16O. The van der Waals surface area contributed by atoms with Crippen molar-refractivity contribution in [1.29, 1.82) is 0 Å². The monoisotopic (exact) mass is 128 g/mol. The summed E-state index contributed by atoms with van der Waals surface area (Å²) in [5, 5.41) is 0. The van der Waals surface area contributed by atoms with E-state index in [4.69, 9.17) is 4.74 Å². The highest BCUT2D eigenvalue weighted by Crippen LogP contribution is 1.93. The van der Waals surface area contributed by atoms with E-state index in [2.05, 4.69) is 19.1 Å². The number of hydrogen-bond acceptors (Lipinski definition) is 1. The largest absolute Gasteiger partial charge is 0.381 e. The number of unbranched alkanes of at least 4 members (excludes halogenated alkanes) is 2. The number of rotatable bonds is 5. The third-order valence-electron chi connectivity index (χ3n) is 1.15. The molecule has 0 fully saturated rings. The van der Waals surface area contributed by atoms with Crippen molar-refractivity contribution in [3.63, 3.8) is 0 Å². The van der Waals surface area contributed by atoms with Crippen LogP contribution in [0.4, 0.5) is 0 Å². The Balaban J connectivity index is 2.86. The van der Waals surface area contributed by atoms with Crippen LogP contribution in [0.3, 0.4) is 0 Å². The van der Waals surface area contributed by atoms with E-state index < -0.39 is 0 Å². The molecule has 0 aromatic heterocycles. The lowest BCUT2D eigenvalue weighted by Crippen LogP contribution is -1.79. The second-order valence-electron chi connectivity index (χ2n) is 2.07. The Hall–Kier alpha value is -0.300. The van der Waals surface area contributed by atoms with Crippen LogP contribution in [0.25, 0.3) is 0 Å². The minimum Gasteiger partial charge on any atom is -0.381 e. The first-order valence-electron chi connectivity index (χ1n) is 3.55. The fraction of sp³-hybridized carbons (Fsp3) is 0.750. The maximum Gasteiger partial charge on any atom is 0.0643 e. The summed E-state index contributed by atoms with van der Waals surface area (Å²) < 4.78 is 4.84. The van der Waals surface area contributed by atoms with Gasteiger partial charge >= 0.3 is 0 Å². The predicted molar refractivity (Wildman–Crippen MR) is 40.5 cm³/mol. The van der Waals surface area contributed by atoms with E-state index in [-0.39, 0.29) is 0 Å². The summed E-state index contributed by atoms with van der Waals surface area (Å²) in [5.41, 5.74) is 0. The number of methoxy groups -OCH3 is 1. The first-order valence-corrected chi connectivity index (χ1v) is 3.55. The Morgan fingerprint density at radius 2 is 2.11 bits per heavy atom. The first-order chi connectivity index (χ1) is 4.41. The normalized spacial score (nSPS) is 10.9. The maximum absolute atomic E-state index is 4.84. The molecule has 0 amide bonds. The molecule has 0 aliphatic carbocycles. The summed E-state index contributed by atoms with van der Waals surface area (Å²) >= 11 is 0. The third-order valence-corrected chi connectivity index (χ3v) is 1.15. The fourth-order valence-electron chi connectivity index (χ4n) is 0.604. The minimum atomic E-state index is 0.754. The van der Waals surface area contributed by atoms with Crippen molar-refractivity contribution in [3.8, 4) is 0 Å². The van der Waals surface area contributed by atoms with Gasteiger partial charge in [-0.15, -0.1) is 0 Å². The molecule has 0 N–H and O–H groups in total. The molecule has 0 aromatic rings. The summed E-state index contributed by atoms with van der Waals surface area (Å²) in [7, 11) is 1.71. The lowest BCUT2D eigenvalue weighted by Gasteiger charge is -1.88. The summed E-state index contributed by atoms with van der Waals surface area (Å²) in [6.07, 6.45) is 8.00. The molecule has 0 spiro atoms. The predicted octanol–water partition coefficient (Wildman–Crippen LogP) is 2.38. The van der Waals surface area contributed by atoms with Gasteiger partial charge in [-0.1, -0.05) is 31.9 Å². The molecule has 1 nitrogen and oxygen atoms in total. The molecule has 0 aliphatic heterocycles. The lowest BCUT2D eigenvalue weighted by molar-refractivity contribution is 0.233. The van der Waals surface area contributed by atoms with Gasteiger partial charge in [0.15, 0.2) is 0 Å². The van der Waals surface area contributed by atoms with Gasteiger partial charge in [0.05, 0.1) is 6.61 Å². The van der Waals surface area contributed by atoms with Gasteiger partial charge < -0.3 is 4.74 Å². The lowest BCUT2D eigenvalue weighted by atomic mass is 10.2. The van der Waals surface area contributed by atoms with Crippen LogP contribution in [-0.4, -0.2) is 13.7 Å². The molecule has 0 bridgehead atoms. The van der Waals surface area contributed by atoms with Crippen molar-refractivity contribution in [1.82, 2.24) is 0 Å². The molecule has 0 rings (SSSR count). The topological polar surface area (TPSA) is 9.23 Å². The van der Waals surface area contributed by atoms with Crippen LogP contribution in [0.2, 0.25) is 0 Å². The zero-order chi connectivity index (χ0) is 6.95. The third kappa shape index (κ3) is 7.70. The van der Waals surface area contributed by atoms with E-state index in [1.54, 1.807) is 7.11 Å². The molecule has 0 saturated heterocycles. The van der Waals surface area contributed by atoms with Crippen LogP contribution >= 0.6 is 0 Å². The van der Waals surface area contributed by atoms with Crippen LogP contribution in [-0.2, 0) is 4.74 Å². The van der Waals surface area contributed by atoms with Crippen molar-refractivity contribution in [2.24, 2.45) is 0 Å². The summed E-state index contributed by atoms with van der Waals surface area (Å²) in [6.45, 7) is 2.95. The highest BCUT2D eigenvalue weighted by molar-refractivity contribution is 4.80. The van der Waals surface area contributed by atoms with E-state index in [1.807, 2.05) is 0 Å². The average Bonchev–Trinajstić information content (AvgIpc) is 1.89. The maximum atomic E-state index is 4.84. The number of allylic oxidation sites excluding steroid dienone is 1. The van der Waals surface area contributed by atoms with Crippen molar-refractivity contribution >= 4 is 0 Å². The Labute approximate surface area is 57.7 Å². The first kappa shape index (κ1) is 8.70. The van der Waals surface area contributed by atoms with E-state index in [9.17, 15) is 0 Å².